The first-order chi connectivity index (χ1) is 8.76. The van der Waals surface area contributed by atoms with E-state index in [1.54, 1.807) is 14.2 Å². The van der Waals surface area contributed by atoms with Crippen molar-refractivity contribution in [2.75, 3.05) is 27.2 Å². The van der Waals surface area contributed by atoms with Crippen molar-refractivity contribution in [3.05, 3.63) is 29.8 Å². The number of rotatable bonds is 2. The molecule has 0 spiro atoms. The molecule has 1 aliphatic heterocycles. The second-order valence-electron chi connectivity index (χ2n) is 4.56. The van der Waals surface area contributed by atoms with Crippen molar-refractivity contribution in [2.24, 2.45) is 0 Å². The maximum absolute atomic E-state index is 11.5. The van der Waals surface area contributed by atoms with Gasteiger partial charge in [-0.15, -0.1) is 0 Å². The van der Waals surface area contributed by atoms with Crippen molar-refractivity contribution in [1.29, 1.82) is 0 Å². The zero-order chi connectivity index (χ0) is 13.0. The highest BCUT2D eigenvalue weighted by molar-refractivity contribution is 5.73. The summed E-state index contributed by atoms with van der Waals surface area (Å²) in [5.74, 6) is 1.44. The molecular formula is C14H20N2O2. The molecule has 1 aromatic rings. The molecule has 0 aliphatic carbocycles. The number of benzene rings is 1. The molecule has 0 radical (unpaired) electrons. The quantitative estimate of drug-likeness (QED) is 0.872. The van der Waals surface area contributed by atoms with Crippen LogP contribution in [0.2, 0.25) is 0 Å². The lowest BCUT2D eigenvalue weighted by molar-refractivity contribution is 0.183. The molecule has 0 aromatic heterocycles. The van der Waals surface area contributed by atoms with Crippen LogP contribution in [0.5, 0.6) is 5.75 Å². The third kappa shape index (κ3) is 2.58. The van der Waals surface area contributed by atoms with Gasteiger partial charge in [0.15, 0.2) is 0 Å². The van der Waals surface area contributed by atoms with E-state index in [1.165, 1.54) is 5.56 Å². The number of para-hydroxylation sites is 1. The van der Waals surface area contributed by atoms with Crippen LogP contribution in [0.1, 0.15) is 24.3 Å². The topological polar surface area (TPSA) is 41.6 Å². The summed E-state index contributed by atoms with van der Waals surface area (Å²) in [6.45, 7) is 1.62. The van der Waals surface area contributed by atoms with E-state index in [4.69, 9.17) is 4.74 Å². The molecule has 1 saturated heterocycles. The summed E-state index contributed by atoms with van der Waals surface area (Å²) in [6, 6.07) is 8.18. The van der Waals surface area contributed by atoms with Crippen LogP contribution in [0.15, 0.2) is 24.3 Å². The number of carbonyl (C=O) groups is 1. The summed E-state index contributed by atoms with van der Waals surface area (Å²) in [6.07, 6.45) is 1.99. The molecule has 0 saturated carbocycles. The minimum absolute atomic E-state index is 0.0217. The molecule has 0 atom stereocenters. The fourth-order valence-corrected chi connectivity index (χ4v) is 2.56. The van der Waals surface area contributed by atoms with Crippen LogP contribution in [0.3, 0.4) is 0 Å². The predicted molar refractivity (Wildman–Crippen MR) is 71.0 cm³/mol. The number of methoxy groups -OCH3 is 1. The Kier molecular flexibility index (Phi) is 4.07. The normalized spacial score (nSPS) is 16.4. The largest absolute Gasteiger partial charge is 0.496 e. The van der Waals surface area contributed by atoms with Gasteiger partial charge in [-0.25, -0.2) is 4.79 Å². The fourth-order valence-electron chi connectivity index (χ4n) is 2.56. The summed E-state index contributed by atoms with van der Waals surface area (Å²) in [5, 5.41) is 2.67. The SMILES string of the molecule is CNC(=O)N1CCC(c2ccccc2OC)CC1. The molecule has 2 rings (SSSR count). The lowest BCUT2D eigenvalue weighted by Crippen LogP contribution is -2.42. The maximum atomic E-state index is 11.5. The van der Waals surface area contributed by atoms with Gasteiger partial charge in [-0.3, -0.25) is 0 Å². The van der Waals surface area contributed by atoms with Crippen molar-refractivity contribution < 1.29 is 9.53 Å². The van der Waals surface area contributed by atoms with E-state index in [9.17, 15) is 4.79 Å². The van der Waals surface area contributed by atoms with Gasteiger partial charge in [-0.2, -0.15) is 0 Å². The number of nitrogens with zero attached hydrogens (tertiary/aromatic N) is 1. The second kappa shape index (κ2) is 5.76. The number of carbonyl (C=O) groups excluding carboxylic acids is 1. The third-order valence-corrected chi connectivity index (χ3v) is 3.57. The summed E-state index contributed by atoms with van der Waals surface area (Å²) in [4.78, 5) is 13.4. The minimum atomic E-state index is 0.0217. The Balaban J connectivity index is 2.03. The van der Waals surface area contributed by atoms with Gasteiger partial charge in [-0.05, 0) is 30.4 Å². The lowest BCUT2D eigenvalue weighted by Gasteiger charge is -2.32. The minimum Gasteiger partial charge on any atom is -0.496 e. The molecule has 4 heteroatoms. The highest BCUT2D eigenvalue weighted by atomic mass is 16.5. The average molecular weight is 248 g/mol. The fraction of sp³-hybridized carbons (Fsp3) is 0.500. The monoisotopic (exact) mass is 248 g/mol. The number of nitrogens with one attached hydrogen (secondary N) is 1. The Morgan fingerprint density at radius 1 is 1.33 bits per heavy atom. The zero-order valence-electron chi connectivity index (χ0n) is 11.0. The predicted octanol–water partition coefficient (Wildman–Crippen LogP) is 2.21. The molecule has 18 heavy (non-hydrogen) atoms. The van der Waals surface area contributed by atoms with Crippen LogP contribution >= 0.6 is 0 Å². The van der Waals surface area contributed by atoms with E-state index < -0.39 is 0 Å². The first-order valence-electron chi connectivity index (χ1n) is 6.36. The Morgan fingerprint density at radius 3 is 2.61 bits per heavy atom. The van der Waals surface area contributed by atoms with E-state index >= 15 is 0 Å². The molecule has 1 fully saturated rings. The number of ether oxygens (including phenoxy) is 1. The number of likely N-dealkylation sites (tertiary alicyclic amines) is 1. The second-order valence-corrected chi connectivity index (χ2v) is 4.56. The van der Waals surface area contributed by atoms with Crippen molar-refractivity contribution in [1.82, 2.24) is 10.2 Å². The van der Waals surface area contributed by atoms with E-state index in [0.29, 0.717) is 5.92 Å². The number of hydrogen-bond donors (Lipinski definition) is 1. The molecule has 1 aromatic carbocycles. The summed E-state index contributed by atoms with van der Waals surface area (Å²) < 4.78 is 5.40. The molecule has 1 heterocycles. The van der Waals surface area contributed by atoms with Crippen molar-refractivity contribution in [3.63, 3.8) is 0 Å². The average Bonchev–Trinajstić information content (AvgIpc) is 2.46. The van der Waals surface area contributed by atoms with Gasteiger partial charge in [0.05, 0.1) is 7.11 Å². The number of urea groups is 1. The first kappa shape index (κ1) is 12.7. The Bertz CT molecular complexity index is 412. The van der Waals surface area contributed by atoms with Gasteiger partial charge in [0.25, 0.3) is 0 Å². The van der Waals surface area contributed by atoms with Gasteiger partial charge in [0, 0.05) is 20.1 Å². The van der Waals surface area contributed by atoms with Crippen LogP contribution in [-0.4, -0.2) is 38.2 Å². The van der Waals surface area contributed by atoms with E-state index in [-0.39, 0.29) is 6.03 Å². The van der Waals surface area contributed by atoms with E-state index in [0.717, 1.165) is 31.7 Å². The van der Waals surface area contributed by atoms with Crippen molar-refractivity contribution in [2.45, 2.75) is 18.8 Å². The Hall–Kier alpha value is -1.71. The van der Waals surface area contributed by atoms with Gasteiger partial charge in [0.2, 0.25) is 0 Å². The zero-order valence-corrected chi connectivity index (χ0v) is 11.0. The number of piperidine rings is 1. The van der Waals surface area contributed by atoms with Crippen LogP contribution in [0, 0.1) is 0 Å². The van der Waals surface area contributed by atoms with Gasteiger partial charge in [-0.1, -0.05) is 18.2 Å². The van der Waals surface area contributed by atoms with Crippen LogP contribution in [-0.2, 0) is 0 Å². The number of amides is 2. The smallest absolute Gasteiger partial charge is 0.317 e. The highest BCUT2D eigenvalue weighted by Gasteiger charge is 2.24. The third-order valence-electron chi connectivity index (χ3n) is 3.57. The molecule has 2 amide bonds. The van der Waals surface area contributed by atoms with Crippen LogP contribution < -0.4 is 10.1 Å². The van der Waals surface area contributed by atoms with Crippen LogP contribution in [0.25, 0.3) is 0 Å². The highest BCUT2D eigenvalue weighted by Crippen LogP contribution is 2.33. The van der Waals surface area contributed by atoms with Crippen molar-refractivity contribution in [3.8, 4) is 5.75 Å². The maximum Gasteiger partial charge on any atom is 0.317 e. The molecule has 1 aliphatic rings. The first-order valence-corrected chi connectivity index (χ1v) is 6.36. The van der Waals surface area contributed by atoms with Gasteiger partial charge < -0.3 is 15.0 Å². The molecule has 1 N–H and O–H groups in total. The molecule has 4 nitrogen and oxygen atoms in total. The summed E-state index contributed by atoms with van der Waals surface area (Å²) in [5.41, 5.74) is 1.26. The van der Waals surface area contributed by atoms with Gasteiger partial charge >= 0.3 is 6.03 Å². The van der Waals surface area contributed by atoms with Crippen LogP contribution in [0.4, 0.5) is 4.79 Å². The molecule has 98 valence electrons. The van der Waals surface area contributed by atoms with E-state index in [2.05, 4.69) is 11.4 Å². The van der Waals surface area contributed by atoms with E-state index in [1.807, 2.05) is 23.1 Å². The Morgan fingerprint density at radius 2 is 2.00 bits per heavy atom. The summed E-state index contributed by atoms with van der Waals surface area (Å²) >= 11 is 0. The summed E-state index contributed by atoms with van der Waals surface area (Å²) in [7, 11) is 3.38. The standard InChI is InChI=1S/C14H20N2O2/c1-15-14(17)16-9-7-11(8-10-16)12-5-3-4-6-13(12)18-2/h3-6,11H,7-10H2,1-2H3,(H,15,17). The number of hydrogen-bond acceptors (Lipinski definition) is 2. The van der Waals surface area contributed by atoms with Crippen molar-refractivity contribution >= 4 is 6.03 Å². The molecule has 0 unspecified atom stereocenters. The van der Waals surface area contributed by atoms with Gasteiger partial charge in [0.1, 0.15) is 5.75 Å². The Labute approximate surface area is 108 Å². The lowest BCUT2D eigenvalue weighted by atomic mass is 9.89. The molecular weight excluding hydrogens is 228 g/mol. The molecule has 0 bridgehead atoms.